The standard InChI is InChI=1S/C17H28ClN5O/c1-4-19-17(20-11-16(24)23-8-6-5-7-9-23)22(3)13-15-10-14(18)12-21(15)2/h10,12H,4-9,11,13H2,1-3H3,(H,19,20). The predicted molar refractivity (Wildman–Crippen MR) is 98.3 cm³/mol. The molecule has 1 saturated heterocycles. The van der Waals surface area contributed by atoms with Crippen molar-refractivity contribution in [3.8, 4) is 0 Å². The minimum Gasteiger partial charge on any atom is -0.357 e. The Morgan fingerprint density at radius 3 is 2.67 bits per heavy atom. The number of amides is 1. The van der Waals surface area contributed by atoms with Gasteiger partial charge >= 0.3 is 0 Å². The Hall–Kier alpha value is -1.69. The summed E-state index contributed by atoms with van der Waals surface area (Å²) in [5.41, 5.74) is 1.09. The van der Waals surface area contributed by atoms with E-state index in [1.54, 1.807) is 0 Å². The SMILES string of the molecule is CCNC(=NCC(=O)N1CCCCC1)N(C)Cc1cc(Cl)cn1C. The van der Waals surface area contributed by atoms with Gasteiger partial charge in [-0.05, 0) is 32.3 Å². The number of hydrogen-bond donors (Lipinski definition) is 1. The maximum absolute atomic E-state index is 12.3. The highest BCUT2D eigenvalue weighted by Crippen LogP contribution is 2.14. The number of rotatable bonds is 5. The molecule has 7 heteroatoms. The molecular formula is C17H28ClN5O. The highest BCUT2D eigenvalue weighted by atomic mass is 35.5. The lowest BCUT2D eigenvalue weighted by molar-refractivity contribution is -0.130. The lowest BCUT2D eigenvalue weighted by Gasteiger charge is -2.27. The van der Waals surface area contributed by atoms with Gasteiger partial charge in [0.2, 0.25) is 5.91 Å². The molecular weight excluding hydrogens is 326 g/mol. The number of halogens is 1. The number of aliphatic imine (C=N–C) groups is 1. The van der Waals surface area contributed by atoms with E-state index in [0.717, 1.165) is 49.2 Å². The predicted octanol–water partition coefficient (Wildman–Crippen LogP) is 2.09. The van der Waals surface area contributed by atoms with Gasteiger partial charge in [0.1, 0.15) is 6.54 Å². The van der Waals surface area contributed by atoms with Crippen molar-refractivity contribution in [2.75, 3.05) is 33.2 Å². The van der Waals surface area contributed by atoms with Crippen molar-refractivity contribution in [1.29, 1.82) is 0 Å². The Morgan fingerprint density at radius 2 is 2.08 bits per heavy atom. The maximum Gasteiger partial charge on any atom is 0.244 e. The molecule has 0 aromatic carbocycles. The van der Waals surface area contributed by atoms with E-state index in [0.29, 0.717) is 6.54 Å². The minimum absolute atomic E-state index is 0.111. The van der Waals surface area contributed by atoms with Crippen LogP contribution in [0.1, 0.15) is 31.9 Å². The van der Waals surface area contributed by atoms with Crippen LogP contribution in [0.4, 0.5) is 0 Å². The van der Waals surface area contributed by atoms with Gasteiger partial charge in [0.15, 0.2) is 5.96 Å². The first-order chi connectivity index (χ1) is 11.5. The fourth-order valence-corrected chi connectivity index (χ4v) is 3.17. The number of nitrogens with zero attached hydrogens (tertiary/aromatic N) is 4. The molecule has 134 valence electrons. The largest absolute Gasteiger partial charge is 0.357 e. The van der Waals surface area contributed by atoms with Crippen molar-refractivity contribution in [3.05, 3.63) is 23.0 Å². The van der Waals surface area contributed by atoms with Gasteiger partial charge < -0.3 is 19.7 Å². The quantitative estimate of drug-likeness (QED) is 0.651. The second-order valence-electron chi connectivity index (χ2n) is 6.23. The molecule has 1 aliphatic heterocycles. The van der Waals surface area contributed by atoms with Crippen LogP contribution in [0.5, 0.6) is 0 Å². The van der Waals surface area contributed by atoms with Crippen molar-refractivity contribution in [1.82, 2.24) is 19.7 Å². The van der Waals surface area contributed by atoms with Gasteiger partial charge in [-0.15, -0.1) is 0 Å². The van der Waals surface area contributed by atoms with Gasteiger partial charge in [-0.25, -0.2) is 4.99 Å². The Kier molecular flexibility index (Phi) is 6.97. The zero-order chi connectivity index (χ0) is 17.5. The zero-order valence-corrected chi connectivity index (χ0v) is 15.6. The molecule has 0 saturated carbocycles. The molecule has 1 aromatic rings. The van der Waals surface area contributed by atoms with Crippen molar-refractivity contribution in [2.24, 2.45) is 12.0 Å². The summed E-state index contributed by atoms with van der Waals surface area (Å²) in [4.78, 5) is 20.8. The van der Waals surface area contributed by atoms with E-state index < -0.39 is 0 Å². The first kappa shape index (κ1) is 18.6. The van der Waals surface area contributed by atoms with Crippen LogP contribution in [0.15, 0.2) is 17.3 Å². The molecule has 24 heavy (non-hydrogen) atoms. The summed E-state index contributed by atoms with van der Waals surface area (Å²) in [7, 11) is 3.94. The summed E-state index contributed by atoms with van der Waals surface area (Å²) < 4.78 is 2.00. The maximum atomic E-state index is 12.3. The Balaban J connectivity index is 1.98. The summed E-state index contributed by atoms with van der Waals surface area (Å²) in [5.74, 6) is 0.848. The van der Waals surface area contributed by atoms with Crippen molar-refractivity contribution in [2.45, 2.75) is 32.7 Å². The Bertz CT molecular complexity index is 578. The van der Waals surface area contributed by atoms with E-state index in [9.17, 15) is 4.79 Å². The molecule has 0 bridgehead atoms. The summed E-state index contributed by atoms with van der Waals surface area (Å²) >= 11 is 6.04. The topological polar surface area (TPSA) is 52.9 Å². The van der Waals surface area contributed by atoms with Crippen LogP contribution in [0.3, 0.4) is 0 Å². The summed E-state index contributed by atoms with van der Waals surface area (Å²) in [5, 5.41) is 3.98. The molecule has 1 fully saturated rings. The van der Waals surface area contributed by atoms with Crippen LogP contribution < -0.4 is 5.32 Å². The minimum atomic E-state index is 0.111. The number of guanidine groups is 1. The van der Waals surface area contributed by atoms with Crippen molar-refractivity contribution >= 4 is 23.5 Å². The smallest absolute Gasteiger partial charge is 0.244 e. The number of piperidine rings is 1. The van der Waals surface area contributed by atoms with Crippen LogP contribution >= 0.6 is 11.6 Å². The molecule has 1 N–H and O–H groups in total. The molecule has 0 atom stereocenters. The fraction of sp³-hybridized carbons (Fsp3) is 0.647. The van der Waals surface area contributed by atoms with Crippen LogP contribution in [0, 0.1) is 0 Å². The third-order valence-electron chi connectivity index (χ3n) is 4.24. The molecule has 0 aliphatic carbocycles. The molecule has 6 nitrogen and oxygen atoms in total. The van der Waals surface area contributed by atoms with E-state index in [1.165, 1.54) is 6.42 Å². The number of carbonyl (C=O) groups excluding carboxylic acids is 1. The molecule has 1 aliphatic rings. The second kappa shape index (κ2) is 8.97. The first-order valence-corrected chi connectivity index (χ1v) is 8.97. The lowest BCUT2D eigenvalue weighted by Crippen LogP contribution is -2.41. The molecule has 0 unspecified atom stereocenters. The number of aromatic nitrogens is 1. The van der Waals surface area contributed by atoms with Crippen LogP contribution in [0.25, 0.3) is 0 Å². The molecule has 2 heterocycles. The van der Waals surface area contributed by atoms with Crippen molar-refractivity contribution in [3.63, 3.8) is 0 Å². The summed E-state index contributed by atoms with van der Waals surface area (Å²) in [6, 6.07) is 1.94. The van der Waals surface area contributed by atoms with Gasteiger partial charge in [-0.1, -0.05) is 11.6 Å². The first-order valence-electron chi connectivity index (χ1n) is 8.59. The zero-order valence-electron chi connectivity index (χ0n) is 14.9. The molecule has 1 aromatic heterocycles. The van der Waals surface area contributed by atoms with Crippen LogP contribution in [-0.2, 0) is 18.4 Å². The number of carbonyl (C=O) groups is 1. The van der Waals surface area contributed by atoms with Gasteiger partial charge in [0.25, 0.3) is 0 Å². The Morgan fingerprint density at radius 1 is 1.38 bits per heavy atom. The summed E-state index contributed by atoms with van der Waals surface area (Å²) in [6.07, 6.45) is 5.31. The average Bonchev–Trinajstić information content (AvgIpc) is 2.89. The summed E-state index contributed by atoms with van der Waals surface area (Å²) in [6.45, 7) is 5.38. The molecule has 1 amide bonds. The molecule has 0 radical (unpaired) electrons. The number of nitrogens with one attached hydrogen (secondary N) is 1. The average molecular weight is 354 g/mol. The Labute approximate surface area is 149 Å². The highest BCUT2D eigenvalue weighted by Gasteiger charge is 2.17. The van der Waals surface area contributed by atoms with Crippen molar-refractivity contribution < 1.29 is 4.79 Å². The normalized spacial score (nSPS) is 15.5. The van der Waals surface area contributed by atoms with E-state index >= 15 is 0 Å². The van der Waals surface area contributed by atoms with Gasteiger partial charge in [0, 0.05) is 45.6 Å². The second-order valence-corrected chi connectivity index (χ2v) is 6.66. The van der Waals surface area contributed by atoms with E-state index in [-0.39, 0.29) is 12.5 Å². The van der Waals surface area contributed by atoms with Gasteiger partial charge in [0.05, 0.1) is 11.6 Å². The lowest BCUT2D eigenvalue weighted by atomic mass is 10.1. The van der Waals surface area contributed by atoms with E-state index in [2.05, 4.69) is 10.3 Å². The monoisotopic (exact) mass is 353 g/mol. The van der Waals surface area contributed by atoms with E-state index in [4.69, 9.17) is 11.6 Å². The number of likely N-dealkylation sites (tertiary alicyclic amines) is 1. The number of hydrogen-bond acceptors (Lipinski definition) is 2. The number of aryl methyl sites for hydroxylation is 1. The highest BCUT2D eigenvalue weighted by molar-refractivity contribution is 6.30. The van der Waals surface area contributed by atoms with Gasteiger partial charge in [-0.2, -0.15) is 0 Å². The third kappa shape index (κ3) is 5.16. The van der Waals surface area contributed by atoms with Crippen LogP contribution in [0.2, 0.25) is 5.02 Å². The molecule has 0 spiro atoms. The van der Waals surface area contributed by atoms with Crippen LogP contribution in [-0.4, -0.2) is 59.5 Å². The van der Waals surface area contributed by atoms with Gasteiger partial charge in [-0.3, -0.25) is 4.79 Å². The van der Waals surface area contributed by atoms with E-state index in [1.807, 2.05) is 47.6 Å². The molecule has 2 rings (SSSR count). The fourth-order valence-electron chi connectivity index (χ4n) is 2.90. The third-order valence-corrected chi connectivity index (χ3v) is 4.45.